The molecule has 0 aromatic carbocycles. The maximum Gasteiger partial charge on any atom is 0.138 e. The second kappa shape index (κ2) is 4.62. The lowest BCUT2D eigenvalue weighted by atomic mass is 10.2. The van der Waals surface area contributed by atoms with Crippen LogP contribution in [0.4, 0.5) is 0 Å². The van der Waals surface area contributed by atoms with E-state index in [4.69, 9.17) is 4.74 Å². The highest BCUT2D eigenvalue weighted by Gasteiger charge is 2.27. The largest absolute Gasteiger partial charge is 0.487 e. The molecule has 15 heavy (non-hydrogen) atoms. The van der Waals surface area contributed by atoms with Crippen LogP contribution in [0.5, 0.6) is 5.75 Å². The first-order valence-electron chi connectivity index (χ1n) is 5.56. The molecule has 1 N–H and O–H groups in total. The number of nitrogens with zero attached hydrogens (tertiary/aromatic N) is 1. The Bertz CT molecular complexity index is 310. The Morgan fingerprint density at radius 3 is 2.93 bits per heavy atom. The Morgan fingerprint density at radius 1 is 1.40 bits per heavy atom. The maximum absolute atomic E-state index is 5.91. The molecule has 3 heteroatoms. The van der Waals surface area contributed by atoms with Crippen LogP contribution in [0, 0.1) is 6.92 Å². The lowest BCUT2D eigenvalue weighted by Crippen LogP contribution is -2.36. The van der Waals surface area contributed by atoms with E-state index in [1.807, 2.05) is 26.1 Å². The molecular formula is C12H18N2O. The highest BCUT2D eigenvalue weighted by atomic mass is 16.5. The molecule has 1 fully saturated rings. The van der Waals surface area contributed by atoms with Crippen LogP contribution in [0.25, 0.3) is 0 Å². The van der Waals surface area contributed by atoms with Gasteiger partial charge < -0.3 is 10.1 Å². The number of nitrogens with one attached hydrogen (secondary N) is 1. The zero-order valence-electron chi connectivity index (χ0n) is 9.36. The summed E-state index contributed by atoms with van der Waals surface area (Å²) < 4.78 is 5.91. The fourth-order valence-electron chi connectivity index (χ4n) is 2.10. The Morgan fingerprint density at radius 2 is 2.27 bits per heavy atom. The van der Waals surface area contributed by atoms with Gasteiger partial charge in [-0.05, 0) is 45.4 Å². The van der Waals surface area contributed by atoms with Gasteiger partial charge in [-0.25, -0.2) is 0 Å². The van der Waals surface area contributed by atoms with Crippen molar-refractivity contribution in [3.8, 4) is 5.75 Å². The number of likely N-dealkylation sites (N-methyl/N-ethyl adjacent to an activating group) is 1. The highest BCUT2D eigenvalue weighted by molar-refractivity contribution is 5.19. The molecule has 2 unspecified atom stereocenters. The van der Waals surface area contributed by atoms with Gasteiger partial charge in [-0.2, -0.15) is 0 Å². The van der Waals surface area contributed by atoms with Crippen molar-refractivity contribution in [2.24, 2.45) is 0 Å². The fraction of sp³-hybridized carbons (Fsp3) is 0.583. The predicted octanol–water partition coefficient (Wildman–Crippen LogP) is 1.91. The summed E-state index contributed by atoms with van der Waals surface area (Å²) >= 11 is 0. The Hall–Kier alpha value is -1.09. The normalized spacial score (nSPS) is 25.5. The van der Waals surface area contributed by atoms with Gasteiger partial charge in [0.25, 0.3) is 0 Å². The minimum atomic E-state index is 0.305. The number of hydrogen-bond acceptors (Lipinski definition) is 3. The van der Waals surface area contributed by atoms with Crippen LogP contribution in [0.15, 0.2) is 18.3 Å². The van der Waals surface area contributed by atoms with Crippen LogP contribution in [0.3, 0.4) is 0 Å². The number of ether oxygens (including phenoxy) is 1. The van der Waals surface area contributed by atoms with E-state index >= 15 is 0 Å². The number of aryl methyl sites for hydroxylation is 1. The molecule has 0 aliphatic heterocycles. The first-order chi connectivity index (χ1) is 7.29. The highest BCUT2D eigenvalue weighted by Crippen LogP contribution is 2.24. The third-order valence-corrected chi connectivity index (χ3v) is 3.00. The summed E-state index contributed by atoms with van der Waals surface area (Å²) in [6, 6.07) is 4.47. The van der Waals surface area contributed by atoms with Gasteiger partial charge in [0.15, 0.2) is 0 Å². The van der Waals surface area contributed by atoms with Crippen molar-refractivity contribution in [1.82, 2.24) is 10.3 Å². The Kier molecular flexibility index (Phi) is 3.21. The fourth-order valence-corrected chi connectivity index (χ4v) is 2.10. The van der Waals surface area contributed by atoms with Gasteiger partial charge in [0, 0.05) is 11.7 Å². The SMILES string of the molecule is CNC1CCCC1Oc1ccc(C)nc1. The minimum Gasteiger partial charge on any atom is -0.487 e. The van der Waals surface area contributed by atoms with Crippen molar-refractivity contribution >= 4 is 0 Å². The zero-order chi connectivity index (χ0) is 10.7. The average Bonchev–Trinajstić information content (AvgIpc) is 2.69. The van der Waals surface area contributed by atoms with Crippen molar-refractivity contribution < 1.29 is 4.74 Å². The van der Waals surface area contributed by atoms with E-state index in [-0.39, 0.29) is 0 Å². The summed E-state index contributed by atoms with van der Waals surface area (Å²) in [5.74, 6) is 0.882. The molecule has 0 radical (unpaired) electrons. The summed E-state index contributed by atoms with van der Waals surface area (Å²) in [5.41, 5.74) is 1.03. The molecule has 2 rings (SSSR count). The van der Waals surface area contributed by atoms with E-state index in [2.05, 4.69) is 10.3 Å². The second-order valence-corrected chi connectivity index (χ2v) is 4.12. The van der Waals surface area contributed by atoms with Crippen molar-refractivity contribution in [3.63, 3.8) is 0 Å². The van der Waals surface area contributed by atoms with Crippen LogP contribution < -0.4 is 10.1 Å². The van der Waals surface area contributed by atoms with Crippen LogP contribution in [-0.4, -0.2) is 24.2 Å². The molecule has 1 aliphatic rings. The standard InChI is InChI=1S/C12H18N2O/c1-9-6-7-10(8-14-9)15-12-5-3-4-11(12)13-2/h6-8,11-13H,3-5H2,1-2H3. The monoisotopic (exact) mass is 206 g/mol. The van der Waals surface area contributed by atoms with Crippen molar-refractivity contribution in [2.75, 3.05) is 7.05 Å². The first-order valence-corrected chi connectivity index (χ1v) is 5.56. The molecule has 3 nitrogen and oxygen atoms in total. The minimum absolute atomic E-state index is 0.305. The number of pyridine rings is 1. The molecule has 1 aromatic heterocycles. The average molecular weight is 206 g/mol. The molecule has 0 spiro atoms. The zero-order valence-corrected chi connectivity index (χ0v) is 9.36. The molecule has 1 aromatic rings. The quantitative estimate of drug-likeness (QED) is 0.820. The smallest absolute Gasteiger partial charge is 0.138 e. The summed E-state index contributed by atoms with van der Waals surface area (Å²) in [7, 11) is 2.00. The third kappa shape index (κ3) is 2.48. The lowest BCUT2D eigenvalue weighted by molar-refractivity contribution is 0.178. The lowest BCUT2D eigenvalue weighted by Gasteiger charge is -2.20. The first kappa shape index (κ1) is 10.4. The molecule has 0 amide bonds. The molecule has 0 saturated heterocycles. The van der Waals surface area contributed by atoms with E-state index in [1.165, 1.54) is 12.8 Å². The maximum atomic E-state index is 5.91. The molecule has 1 aliphatic carbocycles. The molecule has 0 bridgehead atoms. The van der Waals surface area contributed by atoms with Gasteiger partial charge in [-0.3, -0.25) is 4.98 Å². The molecule has 2 atom stereocenters. The van der Waals surface area contributed by atoms with Crippen LogP contribution in [0.1, 0.15) is 25.0 Å². The Labute approximate surface area is 90.9 Å². The van der Waals surface area contributed by atoms with E-state index in [1.54, 1.807) is 6.20 Å². The second-order valence-electron chi connectivity index (χ2n) is 4.12. The number of rotatable bonds is 3. The van der Waals surface area contributed by atoms with Crippen LogP contribution in [0.2, 0.25) is 0 Å². The molecule has 1 saturated carbocycles. The molecular weight excluding hydrogens is 188 g/mol. The van der Waals surface area contributed by atoms with E-state index < -0.39 is 0 Å². The van der Waals surface area contributed by atoms with E-state index in [9.17, 15) is 0 Å². The summed E-state index contributed by atoms with van der Waals surface area (Å²) in [4.78, 5) is 4.23. The summed E-state index contributed by atoms with van der Waals surface area (Å²) in [6.45, 7) is 1.98. The van der Waals surface area contributed by atoms with E-state index in [0.29, 0.717) is 12.1 Å². The van der Waals surface area contributed by atoms with Gasteiger partial charge >= 0.3 is 0 Å². The third-order valence-electron chi connectivity index (χ3n) is 3.00. The van der Waals surface area contributed by atoms with Crippen molar-refractivity contribution in [2.45, 2.75) is 38.3 Å². The van der Waals surface area contributed by atoms with Gasteiger partial charge in [0.2, 0.25) is 0 Å². The Balaban J connectivity index is 1.99. The van der Waals surface area contributed by atoms with Gasteiger partial charge in [-0.15, -0.1) is 0 Å². The van der Waals surface area contributed by atoms with Crippen molar-refractivity contribution in [3.05, 3.63) is 24.0 Å². The number of hydrogen-bond donors (Lipinski definition) is 1. The van der Waals surface area contributed by atoms with Crippen LogP contribution in [-0.2, 0) is 0 Å². The van der Waals surface area contributed by atoms with E-state index in [0.717, 1.165) is 17.9 Å². The predicted molar refractivity (Wildman–Crippen MR) is 60.1 cm³/mol. The molecule has 1 heterocycles. The van der Waals surface area contributed by atoms with Crippen LogP contribution >= 0.6 is 0 Å². The summed E-state index contributed by atoms with van der Waals surface area (Å²) in [6.07, 6.45) is 5.70. The molecule has 82 valence electrons. The topological polar surface area (TPSA) is 34.1 Å². The van der Waals surface area contributed by atoms with Gasteiger partial charge in [0.05, 0.1) is 6.20 Å². The van der Waals surface area contributed by atoms with Gasteiger partial charge in [0.1, 0.15) is 11.9 Å². The van der Waals surface area contributed by atoms with Crippen molar-refractivity contribution in [1.29, 1.82) is 0 Å². The summed E-state index contributed by atoms with van der Waals surface area (Å²) in [5, 5.41) is 3.30. The number of aromatic nitrogens is 1. The van der Waals surface area contributed by atoms with Gasteiger partial charge in [-0.1, -0.05) is 0 Å².